The number of aromatic amines is 1. The van der Waals surface area contributed by atoms with Crippen molar-refractivity contribution < 1.29 is 9.32 Å². The molecule has 0 unspecified atom stereocenters. The Hall–Kier alpha value is -3.82. The van der Waals surface area contributed by atoms with Crippen LogP contribution in [-0.2, 0) is 18.3 Å². The fraction of sp³-hybridized carbons (Fsp3) is 0.222. The molecule has 2 N–H and O–H groups in total. The van der Waals surface area contributed by atoms with E-state index in [1.807, 2.05) is 13.1 Å². The van der Waals surface area contributed by atoms with Gasteiger partial charge in [0.25, 0.3) is 5.56 Å². The topological polar surface area (TPSA) is 132 Å². The van der Waals surface area contributed by atoms with Gasteiger partial charge in [0.05, 0.1) is 10.9 Å². The first-order valence-electron chi connectivity index (χ1n) is 8.69. The van der Waals surface area contributed by atoms with E-state index in [1.165, 1.54) is 0 Å². The number of aromatic nitrogens is 6. The third-order valence-corrected chi connectivity index (χ3v) is 4.17. The number of carbonyl (C=O) groups is 1. The van der Waals surface area contributed by atoms with Crippen molar-refractivity contribution in [1.29, 1.82) is 0 Å². The number of benzene rings is 1. The number of anilines is 1. The predicted octanol–water partition coefficient (Wildman–Crippen LogP) is 1.67. The van der Waals surface area contributed by atoms with E-state index in [2.05, 4.69) is 30.4 Å². The van der Waals surface area contributed by atoms with Crippen LogP contribution in [0.15, 0.2) is 46.0 Å². The largest absolute Gasteiger partial charge is 0.331 e. The molecule has 28 heavy (non-hydrogen) atoms. The van der Waals surface area contributed by atoms with Gasteiger partial charge in [-0.1, -0.05) is 17.3 Å². The number of nitrogens with one attached hydrogen (secondary N) is 2. The van der Waals surface area contributed by atoms with Gasteiger partial charge in [-0.05, 0) is 18.6 Å². The van der Waals surface area contributed by atoms with Crippen molar-refractivity contribution in [2.75, 3.05) is 5.32 Å². The van der Waals surface area contributed by atoms with E-state index in [4.69, 9.17) is 4.52 Å². The minimum atomic E-state index is -0.266. The number of hydrogen-bond donors (Lipinski definition) is 2. The molecular formula is C18H17N7O3. The standard InChI is InChI=1S/C18H17N7O3/c1-25-10-9-19-16(25)15-23-18(28-24-15)22-14(26)8-4-7-13-20-12-6-3-2-5-11(12)17(27)21-13/h2-3,5-6,9-10H,4,7-8H2,1H3,(H,20,21,27)(H,22,23,24,26). The summed E-state index contributed by atoms with van der Waals surface area (Å²) in [5.41, 5.74) is 0.455. The molecule has 10 heteroatoms. The SMILES string of the molecule is Cn1ccnc1-c1noc(NC(=O)CCCc2nc3ccccc3c(=O)[nH]2)n1. The number of fused-ring (bicyclic) bond motifs is 1. The second-order valence-corrected chi connectivity index (χ2v) is 6.22. The van der Waals surface area contributed by atoms with Gasteiger partial charge >= 0.3 is 6.01 Å². The Morgan fingerprint density at radius 3 is 2.96 bits per heavy atom. The highest BCUT2D eigenvalue weighted by atomic mass is 16.5. The van der Waals surface area contributed by atoms with Crippen LogP contribution in [0.3, 0.4) is 0 Å². The molecule has 0 radical (unpaired) electrons. The molecule has 1 amide bonds. The molecule has 0 bridgehead atoms. The molecule has 0 aliphatic carbocycles. The zero-order valence-corrected chi connectivity index (χ0v) is 15.0. The minimum absolute atomic E-state index is 0.0141. The van der Waals surface area contributed by atoms with Crippen molar-refractivity contribution >= 4 is 22.8 Å². The molecule has 0 saturated heterocycles. The van der Waals surface area contributed by atoms with Gasteiger partial charge in [0.15, 0.2) is 5.82 Å². The van der Waals surface area contributed by atoms with Crippen molar-refractivity contribution in [1.82, 2.24) is 29.7 Å². The fourth-order valence-electron chi connectivity index (χ4n) is 2.80. The van der Waals surface area contributed by atoms with Crippen LogP contribution in [0.25, 0.3) is 22.6 Å². The lowest BCUT2D eigenvalue weighted by atomic mass is 10.2. The van der Waals surface area contributed by atoms with E-state index in [0.717, 1.165) is 0 Å². The molecule has 0 aliphatic rings. The van der Waals surface area contributed by atoms with Crippen molar-refractivity contribution in [3.8, 4) is 11.6 Å². The summed E-state index contributed by atoms with van der Waals surface area (Å²) < 4.78 is 6.78. The summed E-state index contributed by atoms with van der Waals surface area (Å²) in [6.07, 6.45) is 4.57. The van der Waals surface area contributed by atoms with Gasteiger partial charge < -0.3 is 14.1 Å². The minimum Gasteiger partial charge on any atom is -0.331 e. The number of nitrogens with zero attached hydrogens (tertiary/aromatic N) is 5. The summed E-state index contributed by atoms with van der Waals surface area (Å²) in [6.45, 7) is 0. The van der Waals surface area contributed by atoms with Gasteiger partial charge in [0.1, 0.15) is 5.82 Å². The summed E-state index contributed by atoms with van der Waals surface area (Å²) in [4.78, 5) is 39.5. The van der Waals surface area contributed by atoms with Crippen LogP contribution in [0.2, 0.25) is 0 Å². The first-order valence-corrected chi connectivity index (χ1v) is 8.69. The highest BCUT2D eigenvalue weighted by Gasteiger charge is 2.14. The number of aryl methyl sites for hydroxylation is 2. The van der Waals surface area contributed by atoms with E-state index < -0.39 is 0 Å². The first-order chi connectivity index (χ1) is 13.6. The van der Waals surface area contributed by atoms with Crippen molar-refractivity contribution in [2.24, 2.45) is 7.05 Å². The predicted molar refractivity (Wildman–Crippen MR) is 100 cm³/mol. The maximum absolute atomic E-state index is 12.1. The van der Waals surface area contributed by atoms with Crippen molar-refractivity contribution in [3.05, 3.63) is 52.8 Å². The Kier molecular flexibility index (Phi) is 4.67. The Bertz CT molecular complexity index is 1190. The molecule has 0 saturated carbocycles. The third-order valence-electron chi connectivity index (χ3n) is 4.17. The van der Waals surface area contributed by atoms with E-state index in [1.54, 1.807) is 35.2 Å². The number of rotatable bonds is 6. The second-order valence-electron chi connectivity index (χ2n) is 6.22. The van der Waals surface area contributed by atoms with Crippen molar-refractivity contribution in [2.45, 2.75) is 19.3 Å². The Morgan fingerprint density at radius 1 is 1.29 bits per heavy atom. The lowest BCUT2D eigenvalue weighted by molar-refractivity contribution is -0.116. The fourth-order valence-corrected chi connectivity index (χ4v) is 2.80. The van der Waals surface area contributed by atoms with Gasteiger partial charge in [-0.2, -0.15) is 4.98 Å². The Balaban J connectivity index is 1.33. The third kappa shape index (κ3) is 3.65. The van der Waals surface area contributed by atoms with E-state index >= 15 is 0 Å². The number of H-pyrrole nitrogens is 1. The molecule has 10 nitrogen and oxygen atoms in total. The highest BCUT2D eigenvalue weighted by molar-refractivity contribution is 5.88. The molecule has 3 heterocycles. The monoisotopic (exact) mass is 379 g/mol. The Labute approximate surface area is 158 Å². The van der Waals surface area contributed by atoms with Gasteiger partial charge in [-0.15, -0.1) is 0 Å². The van der Waals surface area contributed by atoms with Gasteiger partial charge in [0, 0.05) is 32.3 Å². The lowest BCUT2D eigenvalue weighted by Crippen LogP contribution is -2.14. The second kappa shape index (κ2) is 7.43. The van der Waals surface area contributed by atoms with Gasteiger partial charge in [-0.3, -0.25) is 14.9 Å². The lowest BCUT2D eigenvalue weighted by Gasteiger charge is -2.03. The van der Waals surface area contributed by atoms with Crippen LogP contribution < -0.4 is 10.9 Å². The molecule has 0 atom stereocenters. The quantitative estimate of drug-likeness (QED) is 0.521. The van der Waals surface area contributed by atoms with Gasteiger partial charge in [-0.25, -0.2) is 9.97 Å². The molecule has 0 aliphatic heterocycles. The normalized spacial score (nSPS) is 11.0. The van der Waals surface area contributed by atoms with Crippen LogP contribution in [0.1, 0.15) is 18.7 Å². The number of para-hydroxylation sites is 1. The molecule has 4 rings (SSSR count). The molecule has 142 valence electrons. The number of amides is 1. The van der Waals surface area contributed by atoms with E-state index in [0.29, 0.717) is 41.2 Å². The van der Waals surface area contributed by atoms with Crippen LogP contribution in [0, 0.1) is 0 Å². The average molecular weight is 379 g/mol. The summed E-state index contributed by atoms with van der Waals surface area (Å²) in [7, 11) is 1.81. The summed E-state index contributed by atoms with van der Waals surface area (Å²) in [6, 6.07) is 7.15. The number of carbonyl (C=O) groups excluding carboxylic acids is 1. The maximum Gasteiger partial charge on any atom is 0.328 e. The average Bonchev–Trinajstić information content (AvgIpc) is 3.30. The maximum atomic E-state index is 12.1. The van der Waals surface area contributed by atoms with Crippen LogP contribution >= 0.6 is 0 Å². The summed E-state index contributed by atoms with van der Waals surface area (Å²) in [5.74, 6) is 1.11. The molecule has 4 aromatic rings. The Morgan fingerprint density at radius 2 is 2.14 bits per heavy atom. The zero-order valence-electron chi connectivity index (χ0n) is 15.0. The zero-order chi connectivity index (χ0) is 19.5. The molecule has 1 aromatic carbocycles. The summed E-state index contributed by atoms with van der Waals surface area (Å²) in [5, 5.41) is 6.91. The van der Waals surface area contributed by atoms with E-state index in [9.17, 15) is 9.59 Å². The molecule has 0 spiro atoms. The van der Waals surface area contributed by atoms with Crippen LogP contribution in [0.5, 0.6) is 0 Å². The number of hydrogen-bond acceptors (Lipinski definition) is 7. The first kappa shape index (κ1) is 17.6. The molecule has 3 aromatic heterocycles. The van der Waals surface area contributed by atoms with Crippen LogP contribution in [-0.4, -0.2) is 35.6 Å². The molecule has 0 fully saturated rings. The van der Waals surface area contributed by atoms with Crippen molar-refractivity contribution in [3.63, 3.8) is 0 Å². The summed E-state index contributed by atoms with van der Waals surface area (Å²) >= 11 is 0. The number of imidazole rings is 1. The smallest absolute Gasteiger partial charge is 0.328 e. The molecular weight excluding hydrogens is 362 g/mol. The van der Waals surface area contributed by atoms with Gasteiger partial charge in [0.2, 0.25) is 11.7 Å². The van der Waals surface area contributed by atoms with Crippen LogP contribution in [0.4, 0.5) is 6.01 Å². The van der Waals surface area contributed by atoms with E-state index in [-0.39, 0.29) is 23.9 Å². The highest BCUT2D eigenvalue weighted by Crippen LogP contribution is 2.15.